The molecule has 0 aliphatic carbocycles. The molecule has 10 nitrogen and oxygen atoms in total. The predicted molar refractivity (Wildman–Crippen MR) is 177 cm³/mol. The topological polar surface area (TPSA) is 151 Å². The number of ether oxygens (including phenoxy) is 2. The summed E-state index contributed by atoms with van der Waals surface area (Å²) in [5.41, 5.74) is 14.4. The minimum atomic E-state index is -0.187. The van der Waals surface area contributed by atoms with Crippen molar-refractivity contribution in [2.75, 3.05) is 37.9 Å². The summed E-state index contributed by atoms with van der Waals surface area (Å²) < 4.78 is 13.0. The highest BCUT2D eigenvalue weighted by atomic mass is 16.5. The molecule has 0 spiro atoms. The summed E-state index contributed by atoms with van der Waals surface area (Å²) in [6.45, 7) is 1.63. The van der Waals surface area contributed by atoms with Crippen molar-refractivity contribution < 1.29 is 19.1 Å². The van der Waals surface area contributed by atoms with Crippen LogP contribution in [0.25, 0.3) is 21.8 Å². The number of carbonyl (C=O) groups excluding carboxylic acids is 2. The number of nitrogens with zero attached hydrogens (tertiary/aromatic N) is 1. The second-order valence-electron chi connectivity index (χ2n) is 10.9. The first-order valence-electron chi connectivity index (χ1n) is 15.2. The first kappa shape index (κ1) is 32.5. The summed E-state index contributed by atoms with van der Waals surface area (Å²) in [5.74, 6) is 1.09. The Morgan fingerprint density at radius 2 is 1.16 bits per heavy atom. The highest BCUT2D eigenvalue weighted by molar-refractivity contribution is 6.00. The van der Waals surface area contributed by atoms with E-state index in [2.05, 4.69) is 15.2 Å². The molecule has 0 aliphatic heterocycles. The number of nitrogens with two attached hydrogens (primary N) is 2. The Hall–Kier alpha value is -4.41. The summed E-state index contributed by atoms with van der Waals surface area (Å²) in [4.78, 5) is 39.2. The zero-order valence-corrected chi connectivity index (χ0v) is 25.6. The fraction of sp³-hybridized carbons (Fsp3) is 0.382. The molecule has 0 atom stereocenters. The third-order valence-corrected chi connectivity index (χ3v) is 7.60. The molecule has 1 heterocycles. The van der Waals surface area contributed by atoms with Gasteiger partial charge in [0.1, 0.15) is 11.5 Å². The molecule has 1 aromatic heterocycles. The molecular weight excluding hydrogens is 558 g/mol. The van der Waals surface area contributed by atoms with E-state index in [1.54, 1.807) is 32.4 Å². The van der Waals surface area contributed by atoms with E-state index < -0.39 is 0 Å². The van der Waals surface area contributed by atoms with Gasteiger partial charge in [-0.1, -0.05) is 12.8 Å². The van der Waals surface area contributed by atoms with Crippen LogP contribution < -0.4 is 37.0 Å². The Balaban J connectivity index is 1.75. The van der Waals surface area contributed by atoms with Crippen LogP contribution >= 0.6 is 0 Å². The standard InChI is InChI=1S/C34H43N5O5/c1-43-26-17-23(18-27(21-26)44-2)22-39-30-13-11-24(37-32(40)9-5-3-7-15-35)19-28(30)34(42)29-20-25(12-14-31(29)39)38-33(41)10-6-4-8-16-36/h11-14,17-21H,3-10,15-16,22,35-36H2,1-2H3,(H,37,40)(H,38,41). The molecule has 44 heavy (non-hydrogen) atoms. The molecule has 0 unspecified atom stereocenters. The Labute approximate surface area is 257 Å². The number of benzene rings is 3. The molecule has 4 rings (SSSR count). The lowest BCUT2D eigenvalue weighted by atomic mass is 10.1. The van der Waals surface area contributed by atoms with E-state index in [0.717, 1.165) is 44.1 Å². The largest absolute Gasteiger partial charge is 0.497 e. The quantitative estimate of drug-likeness (QED) is 0.103. The Kier molecular flexibility index (Phi) is 11.7. The van der Waals surface area contributed by atoms with Gasteiger partial charge >= 0.3 is 0 Å². The van der Waals surface area contributed by atoms with Gasteiger partial charge in [0.25, 0.3) is 0 Å². The van der Waals surface area contributed by atoms with Crippen LogP contribution in [0, 0.1) is 0 Å². The summed E-state index contributed by atoms with van der Waals surface area (Å²) in [7, 11) is 3.20. The van der Waals surface area contributed by atoms with E-state index in [1.807, 2.05) is 36.4 Å². The van der Waals surface area contributed by atoms with Gasteiger partial charge in [-0.05, 0) is 92.9 Å². The van der Waals surface area contributed by atoms with Gasteiger partial charge in [-0.2, -0.15) is 0 Å². The monoisotopic (exact) mass is 601 g/mol. The van der Waals surface area contributed by atoms with Crippen molar-refractivity contribution in [2.24, 2.45) is 11.5 Å². The van der Waals surface area contributed by atoms with Crippen LogP contribution in [0.1, 0.15) is 56.9 Å². The van der Waals surface area contributed by atoms with Gasteiger partial charge in [0, 0.05) is 47.6 Å². The minimum Gasteiger partial charge on any atom is -0.497 e. The second-order valence-corrected chi connectivity index (χ2v) is 10.9. The number of fused-ring (bicyclic) bond motifs is 2. The zero-order valence-electron chi connectivity index (χ0n) is 25.6. The number of aromatic nitrogens is 1. The maximum absolute atomic E-state index is 14.0. The molecule has 0 fully saturated rings. The number of anilines is 2. The van der Waals surface area contributed by atoms with E-state index in [0.29, 0.717) is 77.2 Å². The van der Waals surface area contributed by atoms with Crippen LogP contribution in [0.2, 0.25) is 0 Å². The summed E-state index contributed by atoms with van der Waals surface area (Å²) in [6.07, 6.45) is 5.80. The van der Waals surface area contributed by atoms with Crippen molar-refractivity contribution in [3.05, 3.63) is 70.4 Å². The fourth-order valence-electron chi connectivity index (χ4n) is 5.31. The molecule has 234 valence electrons. The number of unbranched alkanes of at least 4 members (excludes halogenated alkanes) is 4. The van der Waals surface area contributed by atoms with Gasteiger partial charge in [-0.15, -0.1) is 0 Å². The normalized spacial score (nSPS) is 11.1. The van der Waals surface area contributed by atoms with Crippen molar-refractivity contribution in [2.45, 2.75) is 57.9 Å². The number of pyridine rings is 1. The summed E-state index contributed by atoms with van der Waals surface area (Å²) >= 11 is 0. The lowest BCUT2D eigenvalue weighted by Crippen LogP contribution is -2.16. The molecule has 0 radical (unpaired) electrons. The zero-order chi connectivity index (χ0) is 31.5. The van der Waals surface area contributed by atoms with E-state index in [-0.39, 0.29) is 17.2 Å². The number of rotatable bonds is 16. The summed E-state index contributed by atoms with van der Waals surface area (Å²) in [6, 6.07) is 16.4. The molecule has 2 amide bonds. The van der Waals surface area contributed by atoms with Crippen molar-refractivity contribution in [1.29, 1.82) is 0 Å². The van der Waals surface area contributed by atoms with Crippen LogP contribution in [0.15, 0.2) is 59.4 Å². The smallest absolute Gasteiger partial charge is 0.224 e. The van der Waals surface area contributed by atoms with Gasteiger partial charge in [0.2, 0.25) is 11.8 Å². The lowest BCUT2D eigenvalue weighted by molar-refractivity contribution is -0.117. The Morgan fingerprint density at radius 1 is 0.682 bits per heavy atom. The lowest BCUT2D eigenvalue weighted by Gasteiger charge is -2.18. The number of nitrogens with one attached hydrogen (secondary N) is 2. The average Bonchev–Trinajstić information content (AvgIpc) is 3.03. The highest BCUT2D eigenvalue weighted by Crippen LogP contribution is 2.28. The van der Waals surface area contributed by atoms with Crippen LogP contribution in [0.5, 0.6) is 11.5 Å². The highest BCUT2D eigenvalue weighted by Gasteiger charge is 2.15. The van der Waals surface area contributed by atoms with Gasteiger partial charge < -0.3 is 36.1 Å². The molecule has 3 aromatic carbocycles. The number of hydrogen-bond acceptors (Lipinski definition) is 7. The van der Waals surface area contributed by atoms with Crippen LogP contribution in [0.3, 0.4) is 0 Å². The van der Waals surface area contributed by atoms with Crippen molar-refractivity contribution >= 4 is 45.0 Å². The van der Waals surface area contributed by atoms with E-state index in [4.69, 9.17) is 20.9 Å². The maximum Gasteiger partial charge on any atom is 0.224 e. The second kappa shape index (κ2) is 15.9. The Bertz CT molecular complexity index is 1550. The number of hydrogen-bond donors (Lipinski definition) is 4. The third-order valence-electron chi connectivity index (χ3n) is 7.60. The molecule has 0 bridgehead atoms. The summed E-state index contributed by atoms with van der Waals surface area (Å²) in [5, 5.41) is 6.78. The molecule has 4 aromatic rings. The minimum absolute atomic E-state index is 0.109. The van der Waals surface area contributed by atoms with E-state index in [1.165, 1.54) is 0 Å². The van der Waals surface area contributed by atoms with Gasteiger partial charge in [0.15, 0.2) is 5.43 Å². The maximum atomic E-state index is 14.0. The molecule has 0 aliphatic rings. The number of methoxy groups -OCH3 is 2. The number of carbonyl (C=O) groups is 2. The molecule has 10 heteroatoms. The van der Waals surface area contributed by atoms with Gasteiger partial charge in [0.05, 0.1) is 25.3 Å². The molecule has 6 N–H and O–H groups in total. The first-order valence-corrected chi connectivity index (χ1v) is 15.2. The SMILES string of the molecule is COc1cc(Cn2c3ccc(NC(=O)CCCCCN)cc3c(=O)c3cc(NC(=O)CCCCCN)ccc32)cc(OC)c1. The predicted octanol–water partition coefficient (Wildman–Crippen LogP) is 5.14. The van der Waals surface area contributed by atoms with Crippen molar-refractivity contribution in [3.63, 3.8) is 0 Å². The van der Waals surface area contributed by atoms with Gasteiger partial charge in [-0.25, -0.2) is 0 Å². The molecule has 0 saturated carbocycles. The molecular formula is C34H43N5O5. The molecule has 0 saturated heterocycles. The van der Waals surface area contributed by atoms with Crippen molar-refractivity contribution in [3.8, 4) is 11.5 Å². The average molecular weight is 602 g/mol. The van der Waals surface area contributed by atoms with E-state index in [9.17, 15) is 14.4 Å². The van der Waals surface area contributed by atoms with Crippen LogP contribution in [0.4, 0.5) is 11.4 Å². The first-order chi connectivity index (χ1) is 21.4. The van der Waals surface area contributed by atoms with Crippen LogP contribution in [-0.4, -0.2) is 43.7 Å². The van der Waals surface area contributed by atoms with Crippen LogP contribution in [-0.2, 0) is 16.1 Å². The third kappa shape index (κ3) is 8.36. The van der Waals surface area contributed by atoms with E-state index >= 15 is 0 Å². The Morgan fingerprint density at radius 3 is 1.59 bits per heavy atom. The van der Waals surface area contributed by atoms with Crippen molar-refractivity contribution in [1.82, 2.24) is 4.57 Å². The van der Waals surface area contributed by atoms with Gasteiger partial charge in [-0.3, -0.25) is 14.4 Å². The fourth-order valence-corrected chi connectivity index (χ4v) is 5.31. The number of amides is 2.